The van der Waals surface area contributed by atoms with Crippen LogP contribution in [0.5, 0.6) is 0 Å². The Labute approximate surface area is 121 Å². The highest BCUT2D eigenvalue weighted by molar-refractivity contribution is 5.72. The lowest BCUT2D eigenvalue weighted by atomic mass is 10.00. The van der Waals surface area contributed by atoms with E-state index in [1.807, 2.05) is 19.1 Å². The maximum Gasteiger partial charge on any atom is 0.216 e. The lowest BCUT2D eigenvalue weighted by molar-refractivity contribution is -0.118. The van der Waals surface area contributed by atoms with Crippen LogP contribution in [0.15, 0.2) is 11.6 Å². The minimum absolute atomic E-state index is 0.00588. The Hall–Kier alpha value is -1.84. The predicted molar refractivity (Wildman–Crippen MR) is 84.2 cm³/mol. The number of rotatable bonds is 6. The zero-order valence-electron chi connectivity index (χ0n) is 13.1. The number of carbonyl (C=O) groups excluding carboxylic acids is 1. The van der Waals surface area contributed by atoms with Crippen molar-refractivity contribution in [1.29, 1.82) is 0 Å². The van der Waals surface area contributed by atoms with Gasteiger partial charge in [-0.3, -0.25) is 9.89 Å². The molecule has 0 fully saturated rings. The second-order valence-electron chi connectivity index (χ2n) is 5.28. The van der Waals surface area contributed by atoms with Crippen molar-refractivity contribution in [1.82, 2.24) is 15.5 Å². The molecule has 0 aromatic carbocycles. The van der Waals surface area contributed by atoms with E-state index in [4.69, 9.17) is 0 Å². The zero-order valence-corrected chi connectivity index (χ0v) is 13.1. The summed E-state index contributed by atoms with van der Waals surface area (Å²) < 4.78 is 0. The highest BCUT2D eigenvalue weighted by Gasteiger charge is 2.10. The Morgan fingerprint density at radius 1 is 1.40 bits per heavy atom. The molecule has 0 unspecified atom stereocenters. The molecule has 20 heavy (non-hydrogen) atoms. The number of aromatic nitrogens is 2. The van der Waals surface area contributed by atoms with Gasteiger partial charge in [0.05, 0.1) is 5.69 Å². The Morgan fingerprint density at radius 3 is 2.65 bits per heavy atom. The molecule has 0 saturated heterocycles. The number of nitrogens with zero attached hydrogens (tertiary/aromatic N) is 1. The van der Waals surface area contributed by atoms with Crippen LogP contribution in [0.25, 0.3) is 12.2 Å². The van der Waals surface area contributed by atoms with Gasteiger partial charge in [-0.15, -0.1) is 0 Å². The number of carbonyl (C=O) groups is 1. The van der Waals surface area contributed by atoms with Crippen molar-refractivity contribution in [3.05, 3.63) is 28.6 Å². The third kappa shape index (κ3) is 4.68. The van der Waals surface area contributed by atoms with E-state index in [2.05, 4.69) is 42.4 Å². The minimum Gasteiger partial charge on any atom is -0.356 e. The first-order chi connectivity index (χ1) is 9.45. The van der Waals surface area contributed by atoms with Crippen LogP contribution >= 0.6 is 0 Å². The van der Waals surface area contributed by atoms with E-state index < -0.39 is 0 Å². The van der Waals surface area contributed by atoms with E-state index in [0.29, 0.717) is 12.5 Å². The molecule has 110 valence electrons. The smallest absolute Gasteiger partial charge is 0.216 e. The van der Waals surface area contributed by atoms with Crippen LogP contribution in [0, 0.1) is 5.92 Å². The fourth-order valence-electron chi connectivity index (χ4n) is 1.80. The van der Waals surface area contributed by atoms with Gasteiger partial charge >= 0.3 is 0 Å². The molecule has 4 nitrogen and oxygen atoms in total. The number of H-pyrrole nitrogens is 1. The SMILES string of the molecule is C/C=C\c1n[nH]c(CCNC(C)=O)c1/C=C(\C)C(C)C. The van der Waals surface area contributed by atoms with Gasteiger partial charge in [-0.25, -0.2) is 0 Å². The maximum absolute atomic E-state index is 10.9. The molecular formula is C16H25N3O. The fourth-order valence-corrected chi connectivity index (χ4v) is 1.80. The normalized spacial score (nSPS) is 12.4. The summed E-state index contributed by atoms with van der Waals surface area (Å²) in [6, 6.07) is 0. The van der Waals surface area contributed by atoms with Crippen molar-refractivity contribution in [2.75, 3.05) is 6.54 Å². The molecule has 0 aliphatic rings. The van der Waals surface area contributed by atoms with Crippen molar-refractivity contribution in [3.8, 4) is 0 Å². The van der Waals surface area contributed by atoms with Crippen LogP contribution in [-0.2, 0) is 11.2 Å². The van der Waals surface area contributed by atoms with Crippen molar-refractivity contribution in [2.24, 2.45) is 5.92 Å². The largest absolute Gasteiger partial charge is 0.356 e. The first-order valence-electron chi connectivity index (χ1n) is 7.08. The summed E-state index contributed by atoms with van der Waals surface area (Å²) in [6.45, 7) is 10.6. The summed E-state index contributed by atoms with van der Waals surface area (Å²) in [6.07, 6.45) is 6.92. The molecular weight excluding hydrogens is 250 g/mol. The lowest BCUT2D eigenvalue weighted by Gasteiger charge is -2.06. The average Bonchev–Trinajstić information content (AvgIpc) is 2.72. The number of nitrogens with one attached hydrogen (secondary N) is 2. The number of hydrogen-bond donors (Lipinski definition) is 2. The fraction of sp³-hybridized carbons (Fsp3) is 0.500. The van der Waals surface area contributed by atoms with Gasteiger partial charge < -0.3 is 5.32 Å². The summed E-state index contributed by atoms with van der Waals surface area (Å²) in [4.78, 5) is 10.9. The van der Waals surface area contributed by atoms with Crippen molar-refractivity contribution < 1.29 is 4.79 Å². The molecule has 2 N–H and O–H groups in total. The van der Waals surface area contributed by atoms with Gasteiger partial charge in [0.15, 0.2) is 0 Å². The Kier molecular flexibility index (Phi) is 6.22. The van der Waals surface area contributed by atoms with E-state index in [0.717, 1.165) is 23.4 Å². The quantitative estimate of drug-likeness (QED) is 0.837. The summed E-state index contributed by atoms with van der Waals surface area (Å²) in [5.41, 5.74) is 4.45. The zero-order chi connectivity index (χ0) is 15.1. The molecule has 0 bridgehead atoms. The Morgan fingerprint density at radius 2 is 2.10 bits per heavy atom. The van der Waals surface area contributed by atoms with Gasteiger partial charge in [0.25, 0.3) is 0 Å². The number of aromatic amines is 1. The van der Waals surface area contributed by atoms with Crippen molar-refractivity contribution >= 4 is 18.1 Å². The Bertz CT molecular complexity index is 510. The Balaban J connectivity index is 3.00. The third-order valence-corrected chi connectivity index (χ3v) is 3.27. The third-order valence-electron chi connectivity index (χ3n) is 3.27. The first kappa shape index (κ1) is 16.2. The molecule has 0 spiro atoms. The molecule has 1 heterocycles. The molecule has 0 radical (unpaired) electrons. The van der Waals surface area contributed by atoms with Gasteiger partial charge in [0, 0.05) is 31.1 Å². The molecule has 1 aromatic rings. The maximum atomic E-state index is 10.9. The molecule has 4 heteroatoms. The molecule has 0 saturated carbocycles. The molecule has 0 aliphatic carbocycles. The second-order valence-corrected chi connectivity index (χ2v) is 5.28. The standard InChI is InChI=1S/C16H25N3O/c1-6-7-15-14(10-12(4)11(2)3)16(19-18-15)8-9-17-13(5)20/h6-7,10-11H,8-9H2,1-5H3,(H,17,20)(H,18,19)/b7-6-,12-10+. The van der Waals surface area contributed by atoms with Crippen LogP contribution in [0.1, 0.15) is 51.6 Å². The van der Waals surface area contributed by atoms with Crippen LogP contribution in [0.2, 0.25) is 0 Å². The predicted octanol–water partition coefficient (Wildman–Crippen LogP) is 3.18. The number of amides is 1. The van der Waals surface area contributed by atoms with Crippen molar-refractivity contribution in [2.45, 2.75) is 41.0 Å². The summed E-state index contributed by atoms with van der Waals surface area (Å²) in [7, 11) is 0. The van der Waals surface area contributed by atoms with E-state index >= 15 is 0 Å². The van der Waals surface area contributed by atoms with Gasteiger partial charge in [-0.1, -0.05) is 31.6 Å². The van der Waals surface area contributed by atoms with Gasteiger partial charge in [0.1, 0.15) is 0 Å². The monoisotopic (exact) mass is 275 g/mol. The van der Waals surface area contributed by atoms with Crippen LogP contribution < -0.4 is 5.32 Å². The van der Waals surface area contributed by atoms with Gasteiger partial charge in [-0.05, 0) is 25.8 Å². The molecule has 1 aromatic heterocycles. The van der Waals surface area contributed by atoms with E-state index in [-0.39, 0.29) is 5.91 Å². The summed E-state index contributed by atoms with van der Waals surface area (Å²) in [5.74, 6) is 0.500. The van der Waals surface area contributed by atoms with Crippen LogP contribution in [0.4, 0.5) is 0 Å². The first-order valence-corrected chi connectivity index (χ1v) is 7.08. The molecule has 1 rings (SSSR count). The number of hydrogen-bond acceptors (Lipinski definition) is 2. The van der Waals surface area contributed by atoms with E-state index in [1.165, 1.54) is 12.5 Å². The highest BCUT2D eigenvalue weighted by atomic mass is 16.1. The minimum atomic E-state index is -0.00588. The van der Waals surface area contributed by atoms with Crippen molar-refractivity contribution in [3.63, 3.8) is 0 Å². The molecule has 0 atom stereocenters. The summed E-state index contributed by atoms with van der Waals surface area (Å²) >= 11 is 0. The number of allylic oxidation sites excluding steroid dienone is 2. The molecule has 1 amide bonds. The average molecular weight is 275 g/mol. The highest BCUT2D eigenvalue weighted by Crippen LogP contribution is 2.20. The lowest BCUT2D eigenvalue weighted by Crippen LogP contribution is -2.22. The van der Waals surface area contributed by atoms with E-state index in [9.17, 15) is 4.79 Å². The van der Waals surface area contributed by atoms with Crippen LogP contribution in [0.3, 0.4) is 0 Å². The topological polar surface area (TPSA) is 57.8 Å². The second kappa shape index (κ2) is 7.68. The van der Waals surface area contributed by atoms with Crippen LogP contribution in [-0.4, -0.2) is 22.6 Å². The van der Waals surface area contributed by atoms with E-state index in [1.54, 1.807) is 0 Å². The summed E-state index contributed by atoms with van der Waals surface area (Å²) in [5, 5.41) is 10.2. The van der Waals surface area contributed by atoms with Gasteiger partial charge in [0.2, 0.25) is 5.91 Å². The van der Waals surface area contributed by atoms with Gasteiger partial charge in [-0.2, -0.15) is 5.10 Å². The molecule has 0 aliphatic heterocycles.